The van der Waals surface area contributed by atoms with Crippen molar-refractivity contribution in [2.75, 3.05) is 25.0 Å². The van der Waals surface area contributed by atoms with Gasteiger partial charge >= 0.3 is 0 Å². The highest BCUT2D eigenvalue weighted by atomic mass is 16.1. The van der Waals surface area contributed by atoms with Crippen LogP contribution in [-0.4, -0.2) is 30.4 Å². The predicted molar refractivity (Wildman–Crippen MR) is 85.9 cm³/mol. The number of benzene rings is 1. The highest BCUT2D eigenvalue weighted by Crippen LogP contribution is 2.16. The SMILES string of the molecule is C=CCN(CC=C)CCc1ccccc1NC(=O)CC. The molecule has 3 nitrogen and oxygen atoms in total. The van der Waals surface area contributed by atoms with E-state index in [1.807, 2.05) is 37.3 Å². The molecular formula is C17H24N2O. The predicted octanol–water partition coefficient (Wildman–Crippen LogP) is 3.25. The summed E-state index contributed by atoms with van der Waals surface area (Å²) in [4.78, 5) is 13.8. The number of nitrogens with one attached hydrogen (secondary N) is 1. The summed E-state index contributed by atoms with van der Waals surface area (Å²) in [6, 6.07) is 7.96. The number of nitrogens with zero attached hydrogens (tertiary/aromatic N) is 1. The molecule has 0 bridgehead atoms. The minimum absolute atomic E-state index is 0.0477. The Bertz CT molecular complexity index is 444. The smallest absolute Gasteiger partial charge is 0.224 e. The number of carbonyl (C=O) groups excluding carboxylic acids is 1. The molecule has 1 amide bonds. The fourth-order valence-electron chi connectivity index (χ4n) is 2.00. The molecule has 0 aromatic heterocycles. The molecule has 1 N–H and O–H groups in total. The van der Waals surface area contributed by atoms with Crippen molar-refractivity contribution in [3.8, 4) is 0 Å². The zero-order valence-corrected chi connectivity index (χ0v) is 12.3. The Hall–Kier alpha value is -1.87. The highest BCUT2D eigenvalue weighted by Gasteiger charge is 2.07. The molecule has 20 heavy (non-hydrogen) atoms. The molecule has 0 spiro atoms. The molecule has 0 heterocycles. The number of hydrogen-bond acceptors (Lipinski definition) is 2. The molecule has 0 saturated heterocycles. The fraction of sp³-hybridized carbons (Fsp3) is 0.353. The van der Waals surface area contributed by atoms with Gasteiger partial charge in [-0.1, -0.05) is 37.3 Å². The van der Waals surface area contributed by atoms with Crippen LogP contribution in [0.5, 0.6) is 0 Å². The van der Waals surface area contributed by atoms with Crippen LogP contribution in [-0.2, 0) is 11.2 Å². The van der Waals surface area contributed by atoms with Crippen molar-refractivity contribution in [1.82, 2.24) is 4.90 Å². The Balaban J connectivity index is 2.68. The molecule has 3 heteroatoms. The number of para-hydroxylation sites is 1. The molecule has 1 aromatic rings. The molecule has 108 valence electrons. The van der Waals surface area contributed by atoms with Gasteiger partial charge in [0, 0.05) is 31.7 Å². The van der Waals surface area contributed by atoms with Gasteiger partial charge in [0.1, 0.15) is 0 Å². The third kappa shape index (κ3) is 5.41. The second-order valence-corrected chi connectivity index (χ2v) is 4.65. The van der Waals surface area contributed by atoms with Crippen LogP contribution in [0.25, 0.3) is 0 Å². The van der Waals surface area contributed by atoms with E-state index < -0.39 is 0 Å². The zero-order valence-electron chi connectivity index (χ0n) is 12.3. The van der Waals surface area contributed by atoms with Gasteiger partial charge in [-0.25, -0.2) is 0 Å². The lowest BCUT2D eigenvalue weighted by Crippen LogP contribution is -2.26. The Kier molecular flexibility index (Phi) is 7.36. The summed E-state index contributed by atoms with van der Waals surface area (Å²) in [5.41, 5.74) is 2.07. The quantitative estimate of drug-likeness (QED) is 0.700. The van der Waals surface area contributed by atoms with Crippen LogP contribution in [0.1, 0.15) is 18.9 Å². The highest BCUT2D eigenvalue weighted by molar-refractivity contribution is 5.91. The van der Waals surface area contributed by atoms with Crippen LogP contribution in [0.15, 0.2) is 49.6 Å². The van der Waals surface area contributed by atoms with E-state index in [1.165, 1.54) is 0 Å². The van der Waals surface area contributed by atoms with Gasteiger partial charge in [-0.2, -0.15) is 0 Å². The molecule has 0 fully saturated rings. The van der Waals surface area contributed by atoms with Crippen LogP contribution >= 0.6 is 0 Å². The summed E-state index contributed by atoms with van der Waals surface area (Å²) < 4.78 is 0. The summed E-state index contributed by atoms with van der Waals surface area (Å²) in [7, 11) is 0. The molecule has 0 radical (unpaired) electrons. The summed E-state index contributed by atoms with van der Waals surface area (Å²) >= 11 is 0. The molecular weight excluding hydrogens is 248 g/mol. The van der Waals surface area contributed by atoms with Crippen molar-refractivity contribution in [3.63, 3.8) is 0 Å². The molecule has 0 atom stereocenters. The lowest BCUT2D eigenvalue weighted by molar-refractivity contribution is -0.115. The van der Waals surface area contributed by atoms with Gasteiger partial charge in [0.2, 0.25) is 5.91 Å². The van der Waals surface area contributed by atoms with E-state index in [0.29, 0.717) is 6.42 Å². The van der Waals surface area contributed by atoms with Crippen molar-refractivity contribution < 1.29 is 4.79 Å². The van der Waals surface area contributed by atoms with E-state index in [-0.39, 0.29) is 5.91 Å². The topological polar surface area (TPSA) is 32.3 Å². The maximum atomic E-state index is 11.5. The Morgan fingerprint density at radius 1 is 1.25 bits per heavy atom. The molecule has 0 aliphatic rings. The third-order valence-electron chi connectivity index (χ3n) is 3.08. The average Bonchev–Trinajstić information content (AvgIpc) is 2.46. The molecule has 0 unspecified atom stereocenters. The maximum absolute atomic E-state index is 11.5. The second kappa shape index (κ2) is 9.10. The first kappa shape index (κ1) is 16.2. The van der Waals surface area contributed by atoms with Crippen molar-refractivity contribution in [2.45, 2.75) is 19.8 Å². The molecule has 0 saturated carbocycles. The monoisotopic (exact) mass is 272 g/mol. The minimum Gasteiger partial charge on any atom is -0.326 e. The van der Waals surface area contributed by atoms with Gasteiger partial charge in [-0.05, 0) is 18.1 Å². The zero-order chi connectivity index (χ0) is 14.8. The Morgan fingerprint density at radius 2 is 1.90 bits per heavy atom. The van der Waals surface area contributed by atoms with E-state index in [2.05, 4.69) is 29.4 Å². The summed E-state index contributed by atoms with van der Waals surface area (Å²) in [5.74, 6) is 0.0477. The van der Waals surface area contributed by atoms with E-state index in [4.69, 9.17) is 0 Å². The van der Waals surface area contributed by atoms with E-state index in [9.17, 15) is 4.79 Å². The lowest BCUT2D eigenvalue weighted by Gasteiger charge is -2.19. The molecule has 1 rings (SSSR count). The fourth-order valence-corrected chi connectivity index (χ4v) is 2.00. The van der Waals surface area contributed by atoms with Gasteiger partial charge in [-0.15, -0.1) is 13.2 Å². The largest absolute Gasteiger partial charge is 0.326 e. The normalized spacial score (nSPS) is 10.3. The molecule has 0 aliphatic carbocycles. The number of amides is 1. The van der Waals surface area contributed by atoms with Crippen molar-refractivity contribution >= 4 is 11.6 Å². The molecule has 0 aliphatic heterocycles. The standard InChI is InChI=1S/C17H24N2O/c1-4-12-19(13-5-2)14-11-15-9-7-8-10-16(15)18-17(20)6-3/h4-5,7-10H,1-2,6,11-14H2,3H3,(H,18,20). The summed E-state index contributed by atoms with van der Waals surface area (Å²) in [5, 5.41) is 2.95. The van der Waals surface area contributed by atoms with Crippen LogP contribution < -0.4 is 5.32 Å². The van der Waals surface area contributed by atoms with Crippen LogP contribution in [0, 0.1) is 0 Å². The van der Waals surface area contributed by atoms with E-state index >= 15 is 0 Å². The summed E-state index contributed by atoms with van der Waals surface area (Å²) in [6.45, 7) is 12.0. The minimum atomic E-state index is 0.0477. The Morgan fingerprint density at radius 3 is 2.50 bits per heavy atom. The third-order valence-corrected chi connectivity index (χ3v) is 3.08. The molecule has 1 aromatic carbocycles. The maximum Gasteiger partial charge on any atom is 0.224 e. The van der Waals surface area contributed by atoms with Crippen molar-refractivity contribution in [2.24, 2.45) is 0 Å². The van der Waals surface area contributed by atoms with E-state index in [1.54, 1.807) is 0 Å². The Labute approximate surface area is 122 Å². The average molecular weight is 272 g/mol. The first-order valence-electron chi connectivity index (χ1n) is 7.03. The number of hydrogen-bond donors (Lipinski definition) is 1. The second-order valence-electron chi connectivity index (χ2n) is 4.65. The van der Waals surface area contributed by atoms with Crippen LogP contribution in [0.4, 0.5) is 5.69 Å². The van der Waals surface area contributed by atoms with Gasteiger partial charge in [0.25, 0.3) is 0 Å². The first-order chi connectivity index (χ1) is 9.71. The van der Waals surface area contributed by atoms with Gasteiger partial charge < -0.3 is 5.32 Å². The van der Waals surface area contributed by atoms with Gasteiger partial charge in [-0.3, -0.25) is 9.69 Å². The lowest BCUT2D eigenvalue weighted by atomic mass is 10.1. The number of anilines is 1. The van der Waals surface area contributed by atoms with Gasteiger partial charge in [0.05, 0.1) is 0 Å². The first-order valence-corrected chi connectivity index (χ1v) is 7.03. The van der Waals surface area contributed by atoms with Crippen molar-refractivity contribution in [1.29, 1.82) is 0 Å². The number of carbonyl (C=O) groups is 1. The van der Waals surface area contributed by atoms with Crippen molar-refractivity contribution in [3.05, 3.63) is 55.1 Å². The summed E-state index contributed by atoms with van der Waals surface area (Å²) in [6.07, 6.45) is 5.18. The van der Waals surface area contributed by atoms with Gasteiger partial charge in [0.15, 0.2) is 0 Å². The van der Waals surface area contributed by atoms with Crippen LogP contribution in [0.2, 0.25) is 0 Å². The van der Waals surface area contributed by atoms with Crippen LogP contribution in [0.3, 0.4) is 0 Å². The van der Waals surface area contributed by atoms with E-state index in [0.717, 1.165) is 37.3 Å². The number of rotatable bonds is 9.